The Hall–Kier alpha value is -2.70. The zero-order chi connectivity index (χ0) is 17.1. The van der Waals surface area contributed by atoms with Crippen LogP contribution in [0.1, 0.15) is 16.8 Å². The monoisotopic (exact) mass is 343 g/mol. The van der Waals surface area contributed by atoms with Gasteiger partial charge in [-0.15, -0.1) is 0 Å². The highest BCUT2D eigenvalue weighted by atomic mass is 35.5. The van der Waals surface area contributed by atoms with Gasteiger partial charge in [-0.2, -0.15) is 0 Å². The molecule has 0 spiro atoms. The lowest BCUT2D eigenvalue weighted by Gasteiger charge is -2.16. The molecule has 1 atom stereocenters. The van der Waals surface area contributed by atoms with Crippen LogP contribution in [0.3, 0.4) is 0 Å². The molecule has 0 bridgehead atoms. The summed E-state index contributed by atoms with van der Waals surface area (Å²) in [5.41, 5.74) is 5.84. The van der Waals surface area contributed by atoms with Crippen molar-refractivity contribution >= 4 is 35.0 Å². The van der Waals surface area contributed by atoms with Gasteiger partial charge >= 0.3 is 0 Å². The first-order valence-corrected chi connectivity index (χ1v) is 7.68. The Morgan fingerprint density at radius 3 is 2.42 bits per heavy atom. The van der Waals surface area contributed by atoms with E-state index in [2.05, 4.69) is 10.9 Å². The number of carbonyl (C=O) groups excluding carboxylic acids is 3. The summed E-state index contributed by atoms with van der Waals surface area (Å²) in [7, 11) is 0. The molecule has 24 heavy (non-hydrogen) atoms. The number of benzene rings is 2. The lowest BCUT2D eigenvalue weighted by molar-refractivity contribution is -0.121. The summed E-state index contributed by atoms with van der Waals surface area (Å²) in [6.07, 6.45) is -0.0312. The Morgan fingerprint density at radius 2 is 1.71 bits per heavy atom. The number of amides is 3. The summed E-state index contributed by atoms with van der Waals surface area (Å²) in [5.74, 6) is -1.21. The summed E-state index contributed by atoms with van der Waals surface area (Å²) < 4.78 is 0. The van der Waals surface area contributed by atoms with E-state index in [4.69, 9.17) is 11.6 Å². The summed E-state index contributed by atoms with van der Waals surface area (Å²) in [6.45, 7) is 0. The third-order valence-electron chi connectivity index (χ3n) is 3.64. The van der Waals surface area contributed by atoms with E-state index in [1.807, 2.05) is 0 Å². The van der Waals surface area contributed by atoms with E-state index in [-0.39, 0.29) is 17.9 Å². The fourth-order valence-electron chi connectivity index (χ4n) is 2.46. The number of carbonyl (C=O) groups is 3. The third kappa shape index (κ3) is 3.15. The van der Waals surface area contributed by atoms with Crippen molar-refractivity contribution in [3.8, 4) is 0 Å². The zero-order valence-electron chi connectivity index (χ0n) is 12.5. The average Bonchev–Trinajstić information content (AvgIpc) is 2.87. The zero-order valence-corrected chi connectivity index (χ0v) is 13.3. The number of hydrogen-bond acceptors (Lipinski definition) is 4. The predicted molar refractivity (Wildman–Crippen MR) is 89.4 cm³/mol. The molecule has 0 unspecified atom stereocenters. The molecule has 1 aliphatic heterocycles. The van der Waals surface area contributed by atoms with Crippen molar-refractivity contribution in [3.05, 3.63) is 65.2 Å². The van der Waals surface area contributed by atoms with Crippen LogP contribution in [0.2, 0.25) is 5.02 Å². The van der Waals surface area contributed by atoms with Crippen LogP contribution in [-0.4, -0.2) is 23.8 Å². The molecule has 1 fully saturated rings. The van der Waals surface area contributed by atoms with E-state index in [0.717, 1.165) is 4.90 Å². The molecule has 0 aliphatic carbocycles. The summed E-state index contributed by atoms with van der Waals surface area (Å²) in [6, 6.07) is 14.4. The fraction of sp³-hybridized carbons (Fsp3) is 0.118. The third-order valence-corrected chi connectivity index (χ3v) is 3.97. The Balaban J connectivity index is 1.67. The van der Waals surface area contributed by atoms with Gasteiger partial charge < -0.3 is 0 Å². The second-order valence-electron chi connectivity index (χ2n) is 5.24. The topological polar surface area (TPSA) is 78.5 Å². The van der Waals surface area contributed by atoms with E-state index in [1.54, 1.807) is 54.6 Å². The molecule has 0 radical (unpaired) electrons. The minimum atomic E-state index is -0.816. The number of para-hydroxylation sites is 1. The van der Waals surface area contributed by atoms with Gasteiger partial charge in [0.2, 0.25) is 5.91 Å². The van der Waals surface area contributed by atoms with Crippen molar-refractivity contribution in [1.29, 1.82) is 0 Å². The van der Waals surface area contributed by atoms with Gasteiger partial charge in [0.05, 0.1) is 22.7 Å². The molecule has 0 aromatic heterocycles. The summed E-state index contributed by atoms with van der Waals surface area (Å²) >= 11 is 5.95. The highest BCUT2D eigenvalue weighted by molar-refractivity contribution is 6.33. The van der Waals surface area contributed by atoms with Crippen molar-refractivity contribution in [2.45, 2.75) is 12.5 Å². The minimum Gasteiger partial charge on any atom is -0.287 e. The van der Waals surface area contributed by atoms with Gasteiger partial charge in [-0.1, -0.05) is 41.9 Å². The summed E-state index contributed by atoms with van der Waals surface area (Å²) in [5, 5.41) is 0.302. The molecule has 2 N–H and O–H groups in total. The van der Waals surface area contributed by atoms with Crippen molar-refractivity contribution < 1.29 is 14.4 Å². The largest absolute Gasteiger partial charge is 0.287 e. The molecule has 1 heterocycles. The highest BCUT2D eigenvalue weighted by Crippen LogP contribution is 2.22. The second kappa shape index (κ2) is 6.82. The van der Waals surface area contributed by atoms with Crippen LogP contribution in [-0.2, 0) is 9.59 Å². The standard InChI is InChI=1S/C17H14ClN3O3/c18-13-9-5-4-8-12(13)16(23)20-19-14-10-15(22)21(17(14)24)11-6-2-1-3-7-11/h1-9,14,19H,10H2,(H,20,23)/t14-/m0/s1. The number of hydrazine groups is 1. The number of nitrogens with one attached hydrogen (secondary N) is 2. The molecular formula is C17H14ClN3O3. The molecule has 3 rings (SSSR count). The first kappa shape index (κ1) is 16.2. The molecule has 6 nitrogen and oxygen atoms in total. The quantitative estimate of drug-likeness (QED) is 0.656. The molecular weight excluding hydrogens is 330 g/mol. The van der Waals surface area contributed by atoms with Crippen LogP contribution in [0.5, 0.6) is 0 Å². The van der Waals surface area contributed by atoms with E-state index in [9.17, 15) is 14.4 Å². The fourth-order valence-corrected chi connectivity index (χ4v) is 2.68. The lowest BCUT2D eigenvalue weighted by atomic mass is 10.2. The number of halogens is 1. The Bertz CT molecular complexity index is 795. The number of imide groups is 1. The van der Waals surface area contributed by atoms with E-state index in [1.165, 1.54) is 0 Å². The lowest BCUT2D eigenvalue weighted by Crippen LogP contribution is -2.48. The van der Waals surface area contributed by atoms with Gasteiger partial charge in [0, 0.05) is 0 Å². The maximum atomic E-state index is 12.4. The maximum absolute atomic E-state index is 12.4. The van der Waals surface area contributed by atoms with Gasteiger partial charge in [0.25, 0.3) is 11.8 Å². The Kier molecular flexibility index (Phi) is 4.59. The number of anilines is 1. The van der Waals surface area contributed by atoms with Crippen LogP contribution in [0.4, 0.5) is 5.69 Å². The molecule has 122 valence electrons. The first-order valence-electron chi connectivity index (χ1n) is 7.30. The SMILES string of the molecule is O=C(NN[C@H]1CC(=O)N(c2ccccc2)C1=O)c1ccccc1Cl. The minimum absolute atomic E-state index is 0.0312. The number of hydrogen-bond donors (Lipinski definition) is 2. The van der Waals surface area contributed by atoms with Gasteiger partial charge in [0.1, 0.15) is 6.04 Å². The smallest absolute Gasteiger partial charge is 0.266 e. The Labute approximate surface area is 143 Å². The van der Waals surface area contributed by atoms with Gasteiger partial charge in [0.15, 0.2) is 0 Å². The van der Waals surface area contributed by atoms with Gasteiger partial charge in [-0.05, 0) is 24.3 Å². The molecule has 3 amide bonds. The summed E-state index contributed by atoms with van der Waals surface area (Å²) in [4.78, 5) is 37.7. The maximum Gasteiger partial charge on any atom is 0.266 e. The Morgan fingerprint density at radius 1 is 1.04 bits per heavy atom. The number of rotatable bonds is 4. The van der Waals surface area contributed by atoms with Gasteiger partial charge in [-0.3, -0.25) is 19.8 Å². The predicted octanol–water partition coefficient (Wildman–Crippen LogP) is 1.91. The molecule has 0 saturated carbocycles. The normalized spacial score (nSPS) is 17.2. The second-order valence-corrected chi connectivity index (χ2v) is 5.65. The van der Waals surface area contributed by atoms with Crippen LogP contribution < -0.4 is 15.8 Å². The molecule has 2 aromatic carbocycles. The molecule has 1 saturated heterocycles. The average molecular weight is 344 g/mol. The van der Waals surface area contributed by atoms with Crippen LogP contribution >= 0.6 is 11.6 Å². The van der Waals surface area contributed by atoms with Crippen LogP contribution in [0.25, 0.3) is 0 Å². The first-order chi connectivity index (χ1) is 11.6. The number of nitrogens with zero attached hydrogens (tertiary/aromatic N) is 1. The van der Waals surface area contributed by atoms with Crippen LogP contribution in [0, 0.1) is 0 Å². The molecule has 7 heteroatoms. The van der Waals surface area contributed by atoms with Gasteiger partial charge in [-0.25, -0.2) is 10.3 Å². The van der Waals surface area contributed by atoms with E-state index < -0.39 is 17.9 Å². The van der Waals surface area contributed by atoms with E-state index in [0.29, 0.717) is 10.7 Å². The van der Waals surface area contributed by atoms with Crippen molar-refractivity contribution in [2.75, 3.05) is 4.90 Å². The van der Waals surface area contributed by atoms with Crippen molar-refractivity contribution in [1.82, 2.24) is 10.9 Å². The molecule has 2 aromatic rings. The molecule has 1 aliphatic rings. The highest BCUT2D eigenvalue weighted by Gasteiger charge is 2.39. The van der Waals surface area contributed by atoms with E-state index >= 15 is 0 Å². The van der Waals surface area contributed by atoms with Crippen molar-refractivity contribution in [2.24, 2.45) is 0 Å². The van der Waals surface area contributed by atoms with Crippen molar-refractivity contribution in [3.63, 3.8) is 0 Å². The van der Waals surface area contributed by atoms with Crippen LogP contribution in [0.15, 0.2) is 54.6 Å².